The van der Waals surface area contributed by atoms with Crippen LogP contribution < -0.4 is 5.32 Å². The Balaban J connectivity index is 1.64. The summed E-state index contributed by atoms with van der Waals surface area (Å²) >= 11 is 0. The van der Waals surface area contributed by atoms with Crippen LogP contribution in [-0.2, 0) is 13.6 Å². The Kier molecular flexibility index (Phi) is 5.02. The molecule has 3 aromatic rings. The highest BCUT2D eigenvalue weighted by Gasteiger charge is 2.15. The lowest BCUT2D eigenvalue weighted by Gasteiger charge is -2.13. The molecule has 1 amide bonds. The van der Waals surface area contributed by atoms with Crippen molar-refractivity contribution in [3.63, 3.8) is 0 Å². The molecule has 0 spiro atoms. The minimum absolute atomic E-state index is 0.0503. The summed E-state index contributed by atoms with van der Waals surface area (Å²) in [6.45, 7) is 4.22. The Bertz CT molecular complexity index is 973. The molecule has 9 nitrogen and oxygen atoms in total. The van der Waals surface area contributed by atoms with Crippen molar-refractivity contribution in [3.05, 3.63) is 75.4 Å². The number of carbonyl (C=O) groups excluding carboxylic acids is 1. The topological polar surface area (TPSA) is 108 Å². The van der Waals surface area contributed by atoms with Gasteiger partial charge in [-0.05, 0) is 31.5 Å². The number of carbonyl (C=O) groups is 1. The molecular formula is C18H20N6O3. The van der Waals surface area contributed by atoms with Gasteiger partial charge in [-0.3, -0.25) is 24.3 Å². The Morgan fingerprint density at radius 3 is 2.56 bits per heavy atom. The summed E-state index contributed by atoms with van der Waals surface area (Å²) in [6, 6.07) is 6.91. The second-order valence-electron chi connectivity index (χ2n) is 6.39. The summed E-state index contributed by atoms with van der Waals surface area (Å²) in [5.41, 5.74) is 3.24. The van der Waals surface area contributed by atoms with Gasteiger partial charge in [0.25, 0.3) is 5.91 Å². The highest BCUT2D eigenvalue weighted by atomic mass is 16.6. The number of amides is 1. The van der Waals surface area contributed by atoms with Gasteiger partial charge < -0.3 is 5.32 Å². The van der Waals surface area contributed by atoms with E-state index in [2.05, 4.69) is 15.5 Å². The molecule has 140 valence electrons. The zero-order valence-corrected chi connectivity index (χ0v) is 15.3. The van der Waals surface area contributed by atoms with Crippen molar-refractivity contribution in [1.29, 1.82) is 0 Å². The molecular weight excluding hydrogens is 348 g/mol. The number of aryl methyl sites for hydroxylation is 2. The number of aromatic nitrogens is 4. The third-order valence-electron chi connectivity index (χ3n) is 4.26. The molecule has 2 heterocycles. The second-order valence-corrected chi connectivity index (χ2v) is 6.39. The largest absolute Gasteiger partial charge is 0.345 e. The Labute approximate surface area is 155 Å². The Morgan fingerprint density at radius 1 is 1.30 bits per heavy atom. The van der Waals surface area contributed by atoms with Crippen LogP contribution >= 0.6 is 0 Å². The van der Waals surface area contributed by atoms with E-state index in [9.17, 15) is 14.9 Å². The first kappa shape index (κ1) is 18.3. The molecule has 0 aliphatic heterocycles. The first-order valence-electron chi connectivity index (χ1n) is 8.40. The fraction of sp³-hybridized carbons (Fsp3) is 0.278. The third-order valence-corrected chi connectivity index (χ3v) is 4.26. The first-order valence-corrected chi connectivity index (χ1v) is 8.40. The van der Waals surface area contributed by atoms with E-state index in [4.69, 9.17) is 0 Å². The van der Waals surface area contributed by atoms with Crippen molar-refractivity contribution in [2.24, 2.45) is 7.05 Å². The van der Waals surface area contributed by atoms with E-state index in [1.165, 1.54) is 17.1 Å². The number of benzene rings is 1. The van der Waals surface area contributed by atoms with Gasteiger partial charge in [0.15, 0.2) is 0 Å². The second kappa shape index (κ2) is 7.40. The molecule has 1 N–H and O–H groups in total. The van der Waals surface area contributed by atoms with E-state index in [-0.39, 0.29) is 17.6 Å². The van der Waals surface area contributed by atoms with Crippen LogP contribution in [0.4, 0.5) is 5.69 Å². The molecule has 0 bridgehead atoms. The quantitative estimate of drug-likeness (QED) is 0.531. The number of rotatable bonds is 6. The number of hydrogen-bond donors (Lipinski definition) is 1. The van der Waals surface area contributed by atoms with Crippen molar-refractivity contribution in [2.45, 2.75) is 26.4 Å². The molecule has 0 fully saturated rings. The maximum atomic E-state index is 12.5. The molecule has 1 aromatic carbocycles. The summed E-state index contributed by atoms with van der Waals surface area (Å²) in [5.74, 6) is -0.174. The van der Waals surface area contributed by atoms with Crippen LogP contribution in [0.5, 0.6) is 0 Å². The lowest BCUT2D eigenvalue weighted by atomic mass is 10.1. The first-order chi connectivity index (χ1) is 12.8. The van der Waals surface area contributed by atoms with Crippen molar-refractivity contribution in [2.75, 3.05) is 0 Å². The molecule has 27 heavy (non-hydrogen) atoms. The number of nitrogens with one attached hydrogen (secondary N) is 1. The van der Waals surface area contributed by atoms with Gasteiger partial charge in [-0.25, -0.2) is 0 Å². The van der Waals surface area contributed by atoms with E-state index in [0.717, 1.165) is 16.8 Å². The highest BCUT2D eigenvalue weighted by molar-refractivity contribution is 5.94. The van der Waals surface area contributed by atoms with Crippen molar-refractivity contribution in [1.82, 2.24) is 24.9 Å². The van der Waals surface area contributed by atoms with E-state index >= 15 is 0 Å². The average molecular weight is 368 g/mol. The standard InChI is InChI=1S/C18H20N6O3/c1-12(17-11-22(3)21-13(17)2)20-18(25)15-6-4-14(5-7-15)9-23-10-16(8-19-23)24(26)27/h4-8,10-12H,9H2,1-3H3,(H,20,25). The summed E-state index contributed by atoms with van der Waals surface area (Å²) in [4.78, 5) is 22.7. The average Bonchev–Trinajstić information content (AvgIpc) is 3.21. The summed E-state index contributed by atoms with van der Waals surface area (Å²) in [7, 11) is 1.85. The lowest BCUT2D eigenvalue weighted by molar-refractivity contribution is -0.385. The molecule has 3 rings (SSSR count). The Hall–Kier alpha value is -3.49. The predicted molar refractivity (Wildman–Crippen MR) is 98.3 cm³/mol. The molecule has 9 heteroatoms. The predicted octanol–water partition coefficient (Wildman–Crippen LogP) is 2.37. The lowest BCUT2D eigenvalue weighted by Crippen LogP contribution is -2.26. The van der Waals surface area contributed by atoms with Crippen LogP contribution in [0.15, 0.2) is 42.9 Å². The van der Waals surface area contributed by atoms with Crippen LogP contribution in [0.3, 0.4) is 0 Å². The summed E-state index contributed by atoms with van der Waals surface area (Å²) in [6.07, 6.45) is 4.48. The zero-order valence-electron chi connectivity index (χ0n) is 15.3. The molecule has 0 aliphatic rings. The van der Waals surface area contributed by atoms with E-state index < -0.39 is 4.92 Å². The fourth-order valence-corrected chi connectivity index (χ4v) is 2.88. The van der Waals surface area contributed by atoms with Crippen LogP contribution in [0.2, 0.25) is 0 Å². The van der Waals surface area contributed by atoms with E-state index in [0.29, 0.717) is 12.1 Å². The molecule has 2 aromatic heterocycles. The van der Waals surface area contributed by atoms with E-state index in [1.54, 1.807) is 16.8 Å². The molecule has 1 unspecified atom stereocenters. The van der Waals surface area contributed by atoms with Gasteiger partial charge in [-0.1, -0.05) is 12.1 Å². The van der Waals surface area contributed by atoms with E-state index in [1.807, 2.05) is 39.2 Å². The highest BCUT2D eigenvalue weighted by Crippen LogP contribution is 2.17. The minimum atomic E-state index is -0.484. The number of hydrogen-bond acceptors (Lipinski definition) is 5. The fourth-order valence-electron chi connectivity index (χ4n) is 2.88. The molecule has 0 aliphatic carbocycles. The minimum Gasteiger partial charge on any atom is -0.345 e. The molecule has 0 radical (unpaired) electrons. The van der Waals surface area contributed by atoms with Gasteiger partial charge in [0.05, 0.1) is 23.2 Å². The maximum absolute atomic E-state index is 12.5. The van der Waals surface area contributed by atoms with Gasteiger partial charge in [0.1, 0.15) is 12.4 Å². The van der Waals surface area contributed by atoms with Crippen molar-refractivity contribution in [3.8, 4) is 0 Å². The molecule has 0 saturated carbocycles. The van der Waals surface area contributed by atoms with Gasteiger partial charge in [-0.2, -0.15) is 10.2 Å². The van der Waals surface area contributed by atoms with Gasteiger partial charge in [-0.15, -0.1) is 0 Å². The van der Waals surface area contributed by atoms with Crippen LogP contribution in [0.1, 0.15) is 40.1 Å². The van der Waals surface area contributed by atoms with Crippen LogP contribution in [0, 0.1) is 17.0 Å². The third kappa shape index (κ3) is 4.20. The number of nitro groups is 1. The zero-order chi connectivity index (χ0) is 19.6. The molecule has 0 saturated heterocycles. The maximum Gasteiger partial charge on any atom is 0.307 e. The van der Waals surface area contributed by atoms with Gasteiger partial charge in [0.2, 0.25) is 0 Å². The Morgan fingerprint density at radius 2 is 2.00 bits per heavy atom. The van der Waals surface area contributed by atoms with Crippen molar-refractivity contribution >= 4 is 11.6 Å². The normalized spacial score (nSPS) is 12.0. The SMILES string of the molecule is Cc1nn(C)cc1C(C)NC(=O)c1ccc(Cn2cc([N+](=O)[O-])cn2)cc1. The van der Waals surface area contributed by atoms with Crippen LogP contribution in [-0.4, -0.2) is 30.4 Å². The summed E-state index contributed by atoms with van der Waals surface area (Å²) in [5, 5.41) is 21.9. The monoisotopic (exact) mass is 368 g/mol. The molecule has 1 atom stereocenters. The smallest absolute Gasteiger partial charge is 0.307 e. The van der Waals surface area contributed by atoms with Crippen molar-refractivity contribution < 1.29 is 9.72 Å². The summed E-state index contributed by atoms with van der Waals surface area (Å²) < 4.78 is 3.21. The number of nitrogens with zero attached hydrogens (tertiary/aromatic N) is 5. The van der Waals surface area contributed by atoms with Gasteiger partial charge in [0, 0.05) is 24.4 Å². The van der Waals surface area contributed by atoms with Crippen LogP contribution in [0.25, 0.3) is 0 Å². The van der Waals surface area contributed by atoms with Gasteiger partial charge >= 0.3 is 5.69 Å².